The number of ether oxygens (including phenoxy) is 1. The van der Waals surface area contributed by atoms with Crippen molar-refractivity contribution in [2.75, 3.05) is 0 Å². The van der Waals surface area contributed by atoms with Gasteiger partial charge in [-0.1, -0.05) is 56.7 Å². The summed E-state index contributed by atoms with van der Waals surface area (Å²) < 4.78 is 62.4. The highest BCUT2D eigenvalue weighted by Gasteiger charge is 2.37. The van der Waals surface area contributed by atoms with Gasteiger partial charge >= 0.3 is 5.97 Å². The average molecular weight is 531 g/mol. The summed E-state index contributed by atoms with van der Waals surface area (Å²) in [5, 5.41) is 18.9. The Bertz CT molecular complexity index is 1320. The lowest BCUT2D eigenvalue weighted by atomic mass is 9.75. The molecular formula is C30H30F4O4. The molecule has 1 fully saturated rings. The number of benzene rings is 3. The van der Waals surface area contributed by atoms with Gasteiger partial charge in [-0.3, -0.25) is 4.79 Å². The molecular weight excluding hydrogens is 500 g/mol. The van der Waals surface area contributed by atoms with E-state index >= 15 is 0 Å². The summed E-state index contributed by atoms with van der Waals surface area (Å²) in [4.78, 5) is 10.9. The van der Waals surface area contributed by atoms with Crippen molar-refractivity contribution in [3.8, 4) is 16.9 Å². The lowest BCUT2D eigenvalue weighted by Crippen LogP contribution is -2.17. The highest BCUT2D eigenvalue weighted by Crippen LogP contribution is 2.51. The smallest absolute Gasteiger partial charge is 0.306 e. The first-order valence-corrected chi connectivity index (χ1v) is 12.5. The Morgan fingerprint density at radius 1 is 1.08 bits per heavy atom. The van der Waals surface area contributed by atoms with E-state index in [1.165, 1.54) is 24.3 Å². The summed E-state index contributed by atoms with van der Waals surface area (Å²) in [7, 11) is 0. The predicted molar refractivity (Wildman–Crippen MR) is 135 cm³/mol. The summed E-state index contributed by atoms with van der Waals surface area (Å²) in [6.45, 7) is 4.22. The van der Waals surface area contributed by atoms with Gasteiger partial charge in [-0.25, -0.2) is 17.6 Å². The monoisotopic (exact) mass is 530 g/mol. The molecule has 0 aliphatic heterocycles. The van der Waals surface area contributed by atoms with Crippen molar-refractivity contribution in [2.24, 2.45) is 5.41 Å². The number of hydrogen-bond donors (Lipinski definition) is 2. The molecule has 1 aliphatic rings. The number of aliphatic hydroxyl groups is 1. The van der Waals surface area contributed by atoms with Crippen LogP contribution in [-0.4, -0.2) is 16.2 Å². The van der Waals surface area contributed by atoms with Crippen LogP contribution in [0.3, 0.4) is 0 Å². The van der Waals surface area contributed by atoms with Crippen LogP contribution in [0.1, 0.15) is 80.2 Å². The largest absolute Gasteiger partial charge is 0.486 e. The maximum absolute atomic E-state index is 15.0. The minimum atomic E-state index is -2.73. The van der Waals surface area contributed by atoms with Gasteiger partial charge in [0.05, 0.1) is 12.5 Å². The van der Waals surface area contributed by atoms with E-state index in [1.54, 1.807) is 12.1 Å². The van der Waals surface area contributed by atoms with E-state index in [-0.39, 0.29) is 40.4 Å². The summed E-state index contributed by atoms with van der Waals surface area (Å²) in [6.07, 6.45) is -2.09. The molecule has 0 aromatic heterocycles. The second kappa shape index (κ2) is 11.2. The van der Waals surface area contributed by atoms with Crippen molar-refractivity contribution in [1.29, 1.82) is 0 Å². The molecule has 0 spiro atoms. The molecule has 0 unspecified atom stereocenters. The second-order valence-corrected chi connectivity index (χ2v) is 10.5. The van der Waals surface area contributed by atoms with E-state index in [2.05, 4.69) is 13.8 Å². The van der Waals surface area contributed by atoms with Gasteiger partial charge in [-0.2, -0.15) is 0 Å². The second-order valence-electron chi connectivity index (χ2n) is 10.5. The lowest BCUT2D eigenvalue weighted by molar-refractivity contribution is -0.139. The molecule has 0 radical (unpaired) electrons. The molecule has 4 nitrogen and oxygen atoms in total. The van der Waals surface area contributed by atoms with Crippen LogP contribution in [0.2, 0.25) is 0 Å². The van der Waals surface area contributed by atoms with E-state index in [1.807, 2.05) is 6.07 Å². The molecule has 1 aliphatic carbocycles. The van der Waals surface area contributed by atoms with Crippen LogP contribution >= 0.6 is 0 Å². The summed E-state index contributed by atoms with van der Waals surface area (Å²) >= 11 is 0. The Balaban J connectivity index is 1.68. The van der Waals surface area contributed by atoms with Crippen LogP contribution in [0.5, 0.6) is 5.75 Å². The van der Waals surface area contributed by atoms with Crippen molar-refractivity contribution < 1.29 is 37.3 Å². The number of hydrogen-bond acceptors (Lipinski definition) is 3. The van der Waals surface area contributed by atoms with Gasteiger partial charge in [0.1, 0.15) is 12.4 Å². The molecule has 2 atom stereocenters. The molecule has 2 N–H and O–H groups in total. The number of halogens is 4. The molecule has 1 saturated carbocycles. The fourth-order valence-electron chi connectivity index (χ4n) is 5.36. The molecule has 4 rings (SSSR count). The third-order valence-corrected chi connectivity index (χ3v) is 7.40. The maximum Gasteiger partial charge on any atom is 0.306 e. The Morgan fingerprint density at radius 2 is 1.84 bits per heavy atom. The number of carbonyl (C=O) groups is 1. The van der Waals surface area contributed by atoms with Gasteiger partial charge in [-0.15, -0.1) is 0 Å². The topological polar surface area (TPSA) is 66.8 Å². The average Bonchev–Trinajstić information content (AvgIpc) is 3.21. The van der Waals surface area contributed by atoms with Gasteiger partial charge in [0.2, 0.25) is 0 Å². The van der Waals surface area contributed by atoms with Crippen LogP contribution in [0.15, 0.2) is 54.6 Å². The minimum Gasteiger partial charge on any atom is -0.486 e. The zero-order chi connectivity index (χ0) is 27.6. The molecule has 202 valence electrons. The predicted octanol–water partition coefficient (Wildman–Crippen LogP) is 7.95. The van der Waals surface area contributed by atoms with Crippen molar-refractivity contribution >= 4 is 5.97 Å². The first kappa shape index (κ1) is 27.6. The number of aliphatic carboxylic acids is 1. The lowest BCUT2D eigenvalue weighted by Gasteiger charge is -2.30. The Morgan fingerprint density at radius 3 is 2.50 bits per heavy atom. The minimum absolute atomic E-state index is 0.0462. The number of alkyl halides is 2. The summed E-state index contributed by atoms with van der Waals surface area (Å²) in [5.41, 5.74) is 1.62. The van der Waals surface area contributed by atoms with Crippen LogP contribution in [-0.2, 0) is 11.4 Å². The zero-order valence-corrected chi connectivity index (χ0v) is 21.2. The van der Waals surface area contributed by atoms with Crippen LogP contribution in [0.25, 0.3) is 11.1 Å². The third kappa shape index (κ3) is 5.85. The number of rotatable bonds is 9. The summed E-state index contributed by atoms with van der Waals surface area (Å²) in [6, 6.07) is 12.7. The quantitative estimate of drug-likeness (QED) is 0.276. The highest BCUT2D eigenvalue weighted by atomic mass is 19.3. The summed E-state index contributed by atoms with van der Waals surface area (Å²) in [5.74, 6) is -2.79. The van der Waals surface area contributed by atoms with Gasteiger partial charge in [0.25, 0.3) is 6.43 Å². The van der Waals surface area contributed by atoms with E-state index < -0.39 is 36.6 Å². The molecule has 8 heteroatoms. The normalized spacial score (nSPS) is 17.5. The molecule has 0 amide bonds. The fourth-order valence-corrected chi connectivity index (χ4v) is 5.36. The van der Waals surface area contributed by atoms with Crippen molar-refractivity contribution in [3.05, 3.63) is 88.5 Å². The van der Waals surface area contributed by atoms with E-state index in [0.29, 0.717) is 11.1 Å². The van der Waals surface area contributed by atoms with Crippen molar-refractivity contribution in [3.63, 3.8) is 0 Å². The molecule has 0 heterocycles. The number of carboxylic acid groups (broad SMARTS) is 1. The first-order valence-electron chi connectivity index (χ1n) is 12.5. The Kier molecular flexibility index (Phi) is 8.11. The van der Waals surface area contributed by atoms with E-state index in [0.717, 1.165) is 37.0 Å². The zero-order valence-electron chi connectivity index (χ0n) is 21.2. The van der Waals surface area contributed by atoms with Crippen LogP contribution in [0, 0.1) is 17.0 Å². The van der Waals surface area contributed by atoms with E-state index in [4.69, 9.17) is 9.84 Å². The molecule has 0 bridgehead atoms. The standard InChI is InChI=1S/C30H30F4O4/c1-30(2)12-4-6-23(30)21-13-17(8-10-19(21)22-14-18(29(33)34)9-11-24(22)31)16-38-26-7-3-5-20(28(26)32)25(35)15-27(36)37/h3,5,7-11,13-14,23,25,29,35H,4,6,12,15-16H2,1-2H3,(H,36,37)/t23-,25-/m1/s1. The first-order chi connectivity index (χ1) is 18.0. The number of aliphatic hydroxyl groups excluding tert-OH is 1. The molecule has 0 saturated heterocycles. The van der Waals surface area contributed by atoms with Gasteiger partial charge in [-0.05, 0) is 59.1 Å². The Labute approximate surface area is 218 Å². The highest BCUT2D eigenvalue weighted by molar-refractivity contribution is 5.70. The Hall–Kier alpha value is -3.39. The van der Waals surface area contributed by atoms with Gasteiger partial charge in [0.15, 0.2) is 11.6 Å². The maximum atomic E-state index is 15.0. The van der Waals surface area contributed by atoms with Gasteiger partial charge in [0, 0.05) is 16.7 Å². The SMILES string of the molecule is CC1(C)CCC[C@@H]1c1cc(COc2cccc([C@H](O)CC(=O)O)c2F)ccc1-c1cc(C(F)F)ccc1F. The van der Waals surface area contributed by atoms with Gasteiger partial charge < -0.3 is 14.9 Å². The van der Waals surface area contributed by atoms with Crippen LogP contribution < -0.4 is 4.74 Å². The van der Waals surface area contributed by atoms with Crippen molar-refractivity contribution in [1.82, 2.24) is 0 Å². The molecule has 3 aromatic rings. The van der Waals surface area contributed by atoms with Crippen molar-refractivity contribution in [2.45, 2.75) is 64.6 Å². The third-order valence-electron chi connectivity index (χ3n) is 7.40. The number of carboxylic acids is 1. The van der Waals surface area contributed by atoms with Crippen LogP contribution in [0.4, 0.5) is 17.6 Å². The fraction of sp³-hybridized carbons (Fsp3) is 0.367. The molecule has 3 aromatic carbocycles. The molecule has 38 heavy (non-hydrogen) atoms. The van der Waals surface area contributed by atoms with E-state index in [9.17, 15) is 27.5 Å².